The number of carbonyl (C=O) groups is 1. The number of allylic oxidation sites excluding steroid dienone is 4. The van der Waals surface area contributed by atoms with Gasteiger partial charge in [0.1, 0.15) is 0 Å². The van der Waals surface area contributed by atoms with Crippen molar-refractivity contribution in [2.75, 3.05) is 0 Å². The van der Waals surface area contributed by atoms with Crippen molar-refractivity contribution in [1.82, 2.24) is 0 Å². The second-order valence-corrected chi connectivity index (χ2v) is 4.21. The zero-order chi connectivity index (χ0) is 13.3. The third-order valence-electron chi connectivity index (χ3n) is 2.75. The minimum Gasteiger partial charge on any atom is -0.289 e. The van der Waals surface area contributed by atoms with Crippen LogP contribution < -0.4 is 0 Å². The fraction of sp³-hybridized carbons (Fsp3) is 0.0556. The van der Waals surface area contributed by atoms with E-state index >= 15 is 0 Å². The van der Waals surface area contributed by atoms with Crippen molar-refractivity contribution in [2.24, 2.45) is 0 Å². The minimum absolute atomic E-state index is 0.0324. The first-order chi connectivity index (χ1) is 9.36. The molecule has 2 aromatic carbocycles. The number of benzene rings is 2. The van der Waals surface area contributed by atoms with Crippen LogP contribution >= 0.6 is 0 Å². The second kappa shape index (κ2) is 7.12. The van der Waals surface area contributed by atoms with E-state index in [1.54, 1.807) is 12.2 Å². The van der Waals surface area contributed by atoms with Crippen LogP contribution in [-0.4, -0.2) is 5.78 Å². The average Bonchev–Trinajstić information content (AvgIpc) is 2.49. The lowest BCUT2D eigenvalue weighted by atomic mass is 10.1. The Balaban J connectivity index is 1.85. The Bertz CT molecular complexity index is 565. The molecule has 0 atom stereocenters. The predicted molar refractivity (Wildman–Crippen MR) is 79.2 cm³/mol. The molecule has 2 aromatic rings. The van der Waals surface area contributed by atoms with Crippen molar-refractivity contribution in [3.8, 4) is 0 Å². The van der Waals surface area contributed by atoms with Gasteiger partial charge < -0.3 is 0 Å². The van der Waals surface area contributed by atoms with Crippen LogP contribution in [0, 0.1) is 0 Å². The molecule has 0 spiro atoms. The molecule has 0 amide bonds. The molecule has 0 aliphatic rings. The van der Waals surface area contributed by atoms with Crippen molar-refractivity contribution in [2.45, 2.75) is 6.42 Å². The van der Waals surface area contributed by atoms with E-state index in [0.717, 1.165) is 12.0 Å². The van der Waals surface area contributed by atoms with E-state index in [1.165, 1.54) is 5.56 Å². The lowest BCUT2D eigenvalue weighted by Gasteiger charge is -1.93. The Kier molecular flexibility index (Phi) is 4.88. The van der Waals surface area contributed by atoms with Gasteiger partial charge in [0, 0.05) is 5.56 Å². The summed E-state index contributed by atoms with van der Waals surface area (Å²) in [6, 6.07) is 19.5. The molecule has 2 rings (SSSR count). The molecular formula is C18H16O. The molecule has 0 heterocycles. The molecule has 1 heteroatoms. The van der Waals surface area contributed by atoms with Gasteiger partial charge in [-0.3, -0.25) is 4.79 Å². The van der Waals surface area contributed by atoms with Gasteiger partial charge in [0.05, 0.1) is 0 Å². The van der Waals surface area contributed by atoms with Gasteiger partial charge in [-0.15, -0.1) is 0 Å². The van der Waals surface area contributed by atoms with Gasteiger partial charge in [0.25, 0.3) is 0 Å². The average molecular weight is 248 g/mol. The highest BCUT2D eigenvalue weighted by Crippen LogP contribution is 2.02. The van der Waals surface area contributed by atoms with Crippen LogP contribution in [0.2, 0.25) is 0 Å². The molecule has 94 valence electrons. The van der Waals surface area contributed by atoms with Gasteiger partial charge in [0.15, 0.2) is 5.78 Å². The molecule has 0 unspecified atom stereocenters. The van der Waals surface area contributed by atoms with E-state index in [9.17, 15) is 4.79 Å². The summed E-state index contributed by atoms with van der Waals surface area (Å²) in [4.78, 5) is 11.8. The van der Waals surface area contributed by atoms with Crippen LogP contribution in [0.1, 0.15) is 15.9 Å². The van der Waals surface area contributed by atoms with Gasteiger partial charge in [-0.1, -0.05) is 78.9 Å². The Hall–Kier alpha value is -2.41. The van der Waals surface area contributed by atoms with Gasteiger partial charge >= 0.3 is 0 Å². The highest BCUT2D eigenvalue weighted by Gasteiger charge is 1.97. The van der Waals surface area contributed by atoms with Crippen molar-refractivity contribution >= 4 is 5.78 Å². The Morgan fingerprint density at radius 3 is 2.16 bits per heavy atom. The third kappa shape index (κ3) is 4.40. The van der Waals surface area contributed by atoms with Crippen LogP contribution in [0.15, 0.2) is 85.0 Å². The van der Waals surface area contributed by atoms with E-state index < -0.39 is 0 Å². The second-order valence-electron chi connectivity index (χ2n) is 4.21. The number of hydrogen-bond acceptors (Lipinski definition) is 1. The van der Waals surface area contributed by atoms with Crippen molar-refractivity contribution < 1.29 is 4.79 Å². The summed E-state index contributed by atoms with van der Waals surface area (Å²) >= 11 is 0. The zero-order valence-electron chi connectivity index (χ0n) is 10.7. The third-order valence-corrected chi connectivity index (χ3v) is 2.75. The highest BCUT2D eigenvalue weighted by molar-refractivity contribution is 6.04. The van der Waals surface area contributed by atoms with Crippen LogP contribution in [0.3, 0.4) is 0 Å². The van der Waals surface area contributed by atoms with E-state index in [-0.39, 0.29) is 5.78 Å². The fourth-order valence-corrected chi connectivity index (χ4v) is 1.74. The van der Waals surface area contributed by atoms with Crippen LogP contribution in [0.5, 0.6) is 0 Å². The normalized spacial score (nSPS) is 11.2. The fourth-order valence-electron chi connectivity index (χ4n) is 1.74. The number of carbonyl (C=O) groups excluding carboxylic acids is 1. The maximum atomic E-state index is 11.8. The van der Waals surface area contributed by atoms with Gasteiger partial charge in [-0.05, 0) is 18.1 Å². The van der Waals surface area contributed by atoms with E-state index in [0.29, 0.717) is 0 Å². The lowest BCUT2D eigenvalue weighted by molar-refractivity contribution is 0.104. The summed E-state index contributed by atoms with van der Waals surface area (Å²) in [7, 11) is 0. The molecule has 0 N–H and O–H groups in total. The van der Waals surface area contributed by atoms with Gasteiger partial charge in [0.2, 0.25) is 0 Å². The largest absolute Gasteiger partial charge is 0.289 e. The maximum absolute atomic E-state index is 11.8. The molecule has 0 saturated heterocycles. The summed E-state index contributed by atoms with van der Waals surface area (Å²) < 4.78 is 0. The van der Waals surface area contributed by atoms with Crippen LogP contribution in [-0.2, 0) is 6.42 Å². The molecule has 0 aliphatic carbocycles. The molecule has 0 bridgehead atoms. The Morgan fingerprint density at radius 2 is 1.47 bits per heavy atom. The van der Waals surface area contributed by atoms with Crippen molar-refractivity contribution in [1.29, 1.82) is 0 Å². The summed E-state index contributed by atoms with van der Waals surface area (Å²) in [5, 5.41) is 0. The zero-order valence-corrected chi connectivity index (χ0v) is 10.7. The van der Waals surface area contributed by atoms with E-state index in [1.807, 2.05) is 60.7 Å². The Morgan fingerprint density at radius 1 is 0.842 bits per heavy atom. The molecule has 0 fully saturated rings. The van der Waals surface area contributed by atoms with Crippen molar-refractivity contribution in [3.05, 3.63) is 96.1 Å². The number of hydrogen-bond donors (Lipinski definition) is 0. The molecule has 0 radical (unpaired) electrons. The van der Waals surface area contributed by atoms with E-state index in [4.69, 9.17) is 0 Å². The summed E-state index contributed by atoms with van der Waals surface area (Å²) in [5.41, 5.74) is 1.98. The van der Waals surface area contributed by atoms with Crippen LogP contribution in [0.25, 0.3) is 0 Å². The molecule has 1 nitrogen and oxygen atoms in total. The maximum Gasteiger partial charge on any atom is 0.185 e. The quantitative estimate of drug-likeness (QED) is 0.440. The Labute approximate surface area is 113 Å². The summed E-state index contributed by atoms with van der Waals surface area (Å²) in [6.45, 7) is 0. The molecule has 19 heavy (non-hydrogen) atoms. The summed E-state index contributed by atoms with van der Waals surface area (Å²) in [5.74, 6) is 0.0324. The van der Waals surface area contributed by atoms with E-state index in [2.05, 4.69) is 12.1 Å². The monoisotopic (exact) mass is 248 g/mol. The SMILES string of the molecule is O=C(/C=C/C=C\Cc1ccccc1)c1ccccc1. The standard InChI is InChI=1S/C18H16O/c19-18(17-13-7-3-8-14-17)15-9-2-6-12-16-10-4-1-5-11-16/h1-11,13-15H,12H2/b6-2-,15-9+. The first-order valence-corrected chi connectivity index (χ1v) is 6.33. The summed E-state index contributed by atoms with van der Waals surface area (Å²) in [6.07, 6.45) is 8.22. The van der Waals surface area contributed by atoms with Gasteiger partial charge in [-0.2, -0.15) is 0 Å². The number of rotatable bonds is 5. The molecule has 0 saturated carbocycles. The number of ketones is 1. The molecule has 0 aliphatic heterocycles. The lowest BCUT2D eigenvalue weighted by Crippen LogP contribution is -1.92. The highest BCUT2D eigenvalue weighted by atomic mass is 16.1. The van der Waals surface area contributed by atoms with Crippen LogP contribution in [0.4, 0.5) is 0 Å². The smallest absolute Gasteiger partial charge is 0.185 e. The first kappa shape index (κ1) is 13.0. The van der Waals surface area contributed by atoms with Gasteiger partial charge in [-0.25, -0.2) is 0 Å². The minimum atomic E-state index is 0.0324. The molecule has 0 aromatic heterocycles. The van der Waals surface area contributed by atoms with Crippen molar-refractivity contribution in [3.63, 3.8) is 0 Å². The molecular weight excluding hydrogens is 232 g/mol. The first-order valence-electron chi connectivity index (χ1n) is 6.33. The predicted octanol–water partition coefficient (Wildman–Crippen LogP) is 4.22. The topological polar surface area (TPSA) is 17.1 Å².